The molecule has 0 bridgehead atoms. The predicted molar refractivity (Wildman–Crippen MR) is 91.9 cm³/mol. The molecule has 5 nitrogen and oxygen atoms in total. The van der Waals surface area contributed by atoms with Gasteiger partial charge in [-0.25, -0.2) is 4.39 Å². The fraction of sp³-hybridized carbons (Fsp3) is 0.263. The van der Waals surface area contributed by atoms with E-state index < -0.39 is 11.7 Å². The van der Waals surface area contributed by atoms with Gasteiger partial charge in [0.15, 0.2) is 0 Å². The summed E-state index contributed by atoms with van der Waals surface area (Å²) in [6.45, 7) is 0.464. The van der Waals surface area contributed by atoms with Gasteiger partial charge in [0.25, 0.3) is 11.8 Å². The van der Waals surface area contributed by atoms with Crippen LogP contribution in [0.1, 0.15) is 46.4 Å². The molecule has 1 aliphatic carbocycles. The van der Waals surface area contributed by atoms with Crippen LogP contribution in [0.5, 0.6) is 0 Å². The van der Waals surface area contributed by atoms with E-state index in [4.69, 9.17) is 4.42 Å². The maximum absolute atomic E-state index is 13.8. The van der Waals surface area contributed by atoms with Crippen LogP contribution in [-0.2, 0) is 0 Å². The highest BCUT2D eigenvalue weighted by Gasteiger charge is 2.13. The number of halogens is 1. The zero-order valence-electron chi connectivity index (χ0n) is 13.7. The Bertz CT molecular complexity index is 797. The van der Waals surface area contributed by atoms with E-state index >= 15 is 0 Å². The maximum atomic E-state index is 13.8. The van der Waals surface area contributed by atoms with Crippen molar-refractivity contribution in [3.63, 3.8) is 0 Å². The van der Waals surface area contributed by atoms with Crippen molar-refractivity contribution in [1.29, 1.82) is 0 Å². The smallest absolute Gasteiger partial charge is 0.258 e. The second-order valence-corrected chi connectivity index (χ2v) is 5.99. The first-order chi connectivity index (χ1) is 12.1. The van der Waals surface area contributed by atoms with E-state index in [0.717, 1.165) is 25.3 Å². The summed E-state index contributed by atoms with van der Waals surface area (Å²) in [6, 6.07) is 5.27. The van der Waals surface area contributed by atoms with Crippen LogP contribution in [0.4, 0.5) is 10.1 Å². The van der Waals surface area contributed by atoms with Gasteiger partial charge in [-0.15, -0.1) is 0 Å². The van der Waals surface area contributed by atoms with Crippen molar-refractivity contribution < 1.29 is 18.4 Å². The SMILES string of the molecule is O=C(NCC1=CCCCC1)c1cc(F)cc(NC(=O)c2ccoc2)c1. The van der Waals surface area contributed by atoms with Crippen LogP contribution < -0.4 is 10.6 Å². The summed E-state index contributed by atoms with van der Waals surface area (Å²) < 4.78 is 18.7. The van der Waals surface area contributed by atoms with Gasteiger partial charge in [0.2, 0.25) is 0 Å². The number of nitrogens with one attached hydrogen (secondary N) is 2. The second kappa shape index (κ2) is 7.79. The van der Waals surface area contributed by atoms with E-state index in [0.29, 0.717) is 12.1 Å². The minimum atomic E-state index is -0.591. The van der Waals surface area contributed by atoms with Gasteiger partial charge >= 0.3 is 0 Å². The van der Waals surface area contributed by atoms with Crippen LogP contribution in [0.3, 0.4) is 0 Å². The Morgan fingerprint density at radius 1 is 1.12 bits per heavy atom. The lowest BCUT2D eigenvalue weighted by molar-refractivity contribution is 0.0954. The summed E-state index contributed by atoms with van der Waals surface area (Å²) in [5.74, 6) is -1.39. The van der Waals surface area contributed by atoms with E-state index in [1.54, 1.807) is 0 Å². The fourth-order valence-electron chi connectivity index (χ4n) is 2.75. The second-order valence-electron chi connectivity index (χ2n) is 5.99. The molecule has 0 fully saturated rings. The predicted octanol–water partition coefficient (Wildman–Crippen LogP) is 3.90. The number of amides is 2. The lowest BCUT2D eigenvalue weighted by atomic mass is 9.99. The van der Waals surface area contributed by atoms with Gasteiger partial charge in [0.05, 0.1) is 11.8 Å². The van der Waals surface area contributed by atoms with Crippen molar-refractivity contribution in [3.05, 3.63) is 65.4 Å². The molecule has 130 valence electrons. The average molecular weight is 342 g/mol. The normalized spacial score (nSPS) is 13.9. The maximum Gasteiger partial charge on any atom is 0.258 e. The summed E-state index contributed by atoms with van der Waals surface area (Å²) >= 11 is 0. The van der Waals surface area contributed by atoms with E-state index in [9.17, 15) is 14.0 Å². The third-order valence-electron chi connectivity index (χ3n) is 4.06. The molecule has 1 aromatic heterocycles. The number of rotatable bonds is 5. The summed E-state index contributed by atoms with van der Waals surface area (Å²) in [7, 11) is 0. The van der Waals surface area contributed by atoms with Crippen LogP contribution in [0.25, 0.3) is 0 Å². The van der Waals surface area contributed by atoms with E-state index in [-0.39, 0.29) is 17.2 Å². The topological polar surface area (TPSA) is 71.3 Å². The zero-order valence-corrected chi connectivity index (χ0v) is 13.7. The summed E-state index contributed by atoms with van der Waals surface area (Å²) in [5, 5.41) is 5.36. The van der Waals surface area contributed by atoms with Gasteiger partial charge in [0.1, 0.15) is 12.1 Å². The fourth-order valence-corrected chi connectivity index (χ4v) is 2.75. The van der Waals surface area contributed by atoms with Crippen LogP contribution in [0, 0.1) is 5.82 Å². The molecule has 6 heteroatoms. The number of allylic oxidation sites excluding steroid dienone is 1. The molecule has 0 radical (unpaired) electrons. The molecule has 0 aliphatic heterocycles. The zero-order chi connectivity index (χ0) is 17.6. The molecule has 2 aromatic rings. The number of hydrogen-bond acceptors (Lipinski definition) is 3. The van der Waals surface area contributed by atoms with Crippen LogP contribution in [0.2, 0.25) is 0 Å². The number of carbonyl (C=O) groups excluding carboxylic acids is 2. The van der Waals surface area contributed by atoms with Crippen molar-refractivity contribution in [2.75, 3.05) is 11.9 Å². The largest absolute Gasteiger partial charge is 0.472 e. The van der Waals surface area contributed by atoms with E-state index in [2.05, 4.69) is 16.7 Å². The van der Waals surface area contributed by atoms with Crippen molar-refractivity contribution in [1.82, 2.24) is 5.32 Å². The molecule has 1 aliphatic rings. The first kappa shape index (κ1) is 17.0. The molecule has 25 heavy (non-hydrogen) atoms. The van der Waals surface area contributed by atoms with Gasteiger partial charge in [0, 0.05) is 17.8 Å². The van der Waals surface area contributed by atoms with Crippen molar-refractivity contribution in [2.24, 2.45) is 0 Å². The minimum Gasteiger partial charge on any atom is -0.472 e. The van der Waals surface area contributed by atoms with Crippen molar-refractivity contribution in [2.45, 2.75) is 25.7 Å². The summed E-state index contributed by atoms with van der Waals surface area (Å²) in [5.41, 5.74) is 1.90. The highest BCUT2D eigenvalue weighted by atomic mass is 19.1. The third kappa shape index (κ3) is 4.56. The molecule has 0 saturated carbocycles. The number of benzene rings is 1. The van der Waals surface area contributed by atoms with Gasteiger partial charge in [-0.1, -0.05) is 11.6 Å². The van der Waals surface area contributed by atoms with E-state index in [1.165, 1.54) is 42.7 Å². The first-order valence-corrected chi connectivity index (χ1v) is 8.22. The minimum absolute atomic E-state index is 0.166. The standard InChI is InChI=1S/C19H19FN2O3/c20-16-8-15(18(23)21-11-13-4-2-1-3-5-13)9-17(10-16)22-19(24)14-6-7-25-12-14/h4,6-10,12H,1-3,5,11H2,(H,21,23)(H,22,24). The lowest BCUT2D eigenvalue weighted by Gasteiger charge is -2.14. The lowest BCUT2D eigenvalue weighted by Crippen LogP contribution is -2.26. The molecular formula is C19H19FN2O3. The Morgan fingerprint density at radius 3 is 2.72 bits per heavy atom. The summed E-state index contributed by atoms with van der Waals surface area (Å²) in [4.78, 5) is 24.3. The molecule has 0 unspecified atom stereocenters. The molecule has 1 heterocycles. The van der Waals surface area contributed by atoms with Crippen LogP contribution in [-0.4, -0.2) is 18.4 Å². The van der Waals surface area contributed by atoms with Gasteiger partial charge in [-0.05, 0) is 49.9 Å². The quantitative estimate of drug-likeness (QED) is 0.810. The van der Waals surface area contributed by atoms with Gasteiger partial charge in [-0.3, -0.25) is 9.59 Å². The van der Waals surface area contributed by atoms with Crippen molar-refractivity contribution >= 4 is 17.5 Å². The number of furan rings is 1. The number of hydrogen-bond donors (Lipinski definition) is 2. The van der Waals surface area contributed by atoms with Crippen molar-refractivity contribution in [3.8, 4) is 0 Å². The molecule has 0 atom stereocenters. The monoisotopic (exact) mass is 342 g/mol. The molecule has 3 rings (SSSR count). The highest BCUT2D eigenvalue weighted by molar-refractivity contribution is 6.04. The summed E-state index contributed by atoms with van der Waals surface area (Å²) in [6.07, 6.45) is 9.14. The van der Waals surface area contributed by atoms with Gasteiger partial charge < -0.3 is 15.1 Å². The number of carbonyl (C=O) groups is 2. The molecule has 0 saturated heterocycles. The Balaban J connectivity index is 1.67. The van der Waals surface area contributed by atoms with Crippen LogP contribution in [0.15, 0.2) is 52.9 Å². The van der Waals surface area contributed by atoms with Crippen LogP contribution >= 0.6 is 0 Å². The molecular weight excluding hydrogens is 323 g/mol. The van der Waals surface area contributed by atoms with E-state index in [1.807, 2.05) is 0 Å². The molecule has 2 N–H and O–H groups in total. The molecule has 0 spiro atoms. The molecule has 1 aromatic carbocycles. The number of anilines is 1. The Morgan fingerprint density at radius 2 is 2.00 bits per heavy atom. The Hall–Kier alpha value is -2.89. The first-order valence-electron chi connectivity index (χ1n) is 8.22. The third-order valence-corrected chi connectivity index (χ3v) is 4.06. The average Bonchev–Trinajstić information content (AvgIpc) is 3.15. The Labute approximate surface area is 144 Å². The molecule has 2 amide bonds. The van der Waals surface area contributed by atoms with Gasteiger partial charge in [-0.2, -0.15) is 0 Å². The highest BCUT2D eigenvalue weighted by Crippen LogP contribution is 2.18. The Kier molecular flexibility index (Phi) is 5.28.